The Morgan fingerprint density at radius 3 is 2.95 bits per heavy atom. The zero-order valence-corrected chi connectivity index (χ0v) is 11.2. The van der Waals surface area contributed by atoms with E-state index in [0.29, 0.717) is 25.3 Å². The number of benzene rings is 1. The third-order valence-corrected chi connectivity index (χ3v) is 3.39. The molecule has 1 heterocycles. The Hall–Kier alpha value is -1.88. The van der Waals surface area contributed by atoms with Gasteiger partial charge in [-0.3, -0.25) is 9.59 Å². The van der Waals surface area contributed by atoms with Crippen LogP contribution in [0.25, 0.3) is 0 Å². The van der Waals surface area contributed by atoms with Gasteiger partial charge in [0.25, 0.3) is 0 Å². The van der Waals surface area contributed by atoms with Gasteiger partial charge in [-0.05, 0) is 30.7 Å². The largest absolute Gasteiger partial charge is 0.377 e. The van der Waals surface area contributed by atoms with Crippen molar-refractivity contribution < 1.29 is 14.3 Å². The summed E-state index contributed by atoms with van der Waals surface area (Å²) >= 11 is 0. The maximum atomic E-state index is 11.9. The van der Waals surface area contributed by atoms with Crippen molar-refractivity contribution in [1.82, 2.24) is 5.32 Å². The van der Waals surface area contributed by atoms with Gasteiger partial charge in [-0.1, -0.05) is 0 Å². The molecule has 0 aliphatic carbocycles. The molecule has 1 amide bonds. The first kappa shape index (κ1) is 13.5. The summed E-state index contributed by atoms with van der Waals surface area (Å²) < 4.78 is 5.37. The van der Waals surface area contributed by atoms with Crippen LogP contribution in [-0.4, -0.2) is 45.0 Å². The van der Waals surface area contributed by atoms with Gasteiger partial charge in [0, 0.05) is 24.8 Å². The Morgan fingerprint density at radius 2 is 2.32 bits per heavy atom. The lowest BCUT2D eigenvalue weighted by atomic mass is 10.1. The first-order valence-electron chi connectivity index (χ1n) is 6.29. The molecule has 0 aromatic heterocycles. The summed E-state index contributed by atoms with van der Waals surface area (Å²) in [5.41, 5.74) is 2.53. The number of nitrogens with one attached hydrogen (secondary N) is 1. The fourth-order valence-corrected chi connectivity index (χ4v) is 2.27. The van der Waals surface area contributed by atoms with Gasteiger partial charge in [-0.2, -0.15) is 0 Å². The first-order valence-corrected chi connectivity index (χ1v) is 6.29. The number of amides is 1. The molecule has 5 nitrogen and oxygen atoms in total. The minimum atomic E-state index is -0.319. The molecule has 1 saturated heterocycles. The second-order valence-electron chi connectivity index (χ2n) is 4.56. The van der Waals surface area contributed by atoms with Gasteiger partial charge >= 0.3 is 0 Å². The van der Waals surface area contributed by atoms with Gasteiger partial charge in [0.1, 0.15) is 12.3 Å². The quantitative estimate of drug-likeness (QED) is 0.817. The predicted octanol–water partition coefficient (Wildman–Crippen LogP) is 0.759. The number of carbonyl (C=O) groups is 2. The highest BCUT2D eigenvalue weighted by atomic mass is 16.5. The van der Waals surface area contributed by atoms with Crippen LogP contribution in [0.3, 0.4) is 0 Å². The number of aryl methyl sites for hydroxylation is 1. The Labute approximate surface area is 112 Å². The Morgan fingerprint density at radius 1 is 1.53 bits per heavy atom. The van der Waals surface area contributed by atoms with E-state index >= 15 is 0 Å². The molecule has 2 rings (SSSR count). The lowest BCUT2D eigenvalue weighted by Gasteiger charge is -2.36. The Balaban J connectivity index is 2.29. The molecular formula is C14H18N2O3. The molecule has 1 N–H and O–H groups in total. The van der Waals surface area contributed by atoms with Crippen LogP contribution in [-0.2, 0) is 9.53 Å². The van der Waals surface area contributed by atoms with Crippen LogP contribution < -0.4 is 10.2 Å². The second kappa shape index (κ2) is 5.84. The molecule has 1 aliphatic rings. The van der Waals surface area contributed by atoms with Crippen molar-refractivity contribution in [3.63, 3.8) is 0 Å². The van der Waals surface area contributed by atoms with E-state index < -0.39 is 0 Å². The minimum absolute atomic E-state index is 0.0585. The molecule has 1 atom stereocenters. The molecular weight excluding hydrogens is 244 g/mol. The van der Waals surface area contributed by atoms with Crippen molar-refractivity contribution >= 4 is 17.9 Å². The average molecular weight is 262 g/mol. The number of morpholine rings is 1. The zero-order chi connectivity index (χ0) is 13.8. The molecule has 0 radical (unpaired) electrons. The molecule has 1 aromatic carbocycles. The van der Waals surface area contributed by atoms with Crippen molar-refractivity contribution in [3.05, 3.63) is 29.3 Å². The van der Waals surface area contributed by atoms with E-state index in [1.165, 1.54) is 0 Å². The third-order valence-electron chi connectivity index (χ3n) is 3.39. The number of likely N-dealkylation sites (N-methyl/N-ethyl adjacent to an activating group) is 1. The molecule has 0 spiro atoms. The highest BCUT2D eigenvalue weighted by Gasteiger charge is 2.29. The van der Waals surface area contributed by atoms with Crippen molar-refractivity contribution in [2.24, 2.45) is 0 Å². The topological polar surface area (TPSA) is 58.6 Å². The molecule has 102 valence electrons. The second-order valence-corrected chi connectivity index (χ2v) is 4.56. The molecule has 19 heavy (non-hydrogen) atoms. The van der Waals surface area contributed by atoms with Gasteiger partial charge in [0.05, 0.1) is 13.2 Å². The minimum Gasteiger partial charge on any atom is -0.377 e. The maximum Gasteiger partial charge on any atom is 0.244 e. The number of hydrogen-bond acceptors (Lipinski definition) is 4. The fourth-order valence-electron chi connectivity index (χ4n) is 2.27. The van der Waals surface area contributed by atoms with E-state index in [-0.39, 0.29) is 11.9 Å². The summed E-state index contributed by atoms with van der Waals surface area (Å²) in [7, 11) is 1.62. The normalized spacial score (nSPS) is 19.1. The highest BCUT2D eigenvalue weighted by molar-refractivity contribution is 5.86. The monoisotopic (exact) mass is 262 g/mol. The van der Waals surface area contributed by atoms with E-state index in [4.69, 9.17) is 4.74 Å². The predicted molar refractivity (Wildman–Crippen MR) is 72.6 cm³/mol. The summed E-state index contributed by atoms with van der Waals surface area (Å²) in [5.74, 6) is -0.0585. The number of anilines is 1. The van der Waals surface area contributed by atoms with Crippen molar-refractivity contribution in [2.75, 3.05) is 31.7 Å². The third kappa shape index (κ3) is 2.76. The number of aldehydes is 1. The van der Waals surface area contributed by atoms with Crippen molar-refractivity contribution in [1.29, 1.82) is 0 Å². The highest BCUT2D eigenvalue weighted by Crippen LogP contribution is 2.22. The van der Waals surface area contributed by atoms with Gasteiger partial charge in [-0.25, -0.2) is 0 Å². The summed E-state index contributed by atoms with van der Waals surface area (Å²) in [6, 6.07) is 5.28. The van der Waals surface area contributed by atoms with Crippen molar-refractivity contribution in [3.8, 4) is 0 Å². The van der Waals surface area contributed by atoms with Crippen LogP contribution in [0.5, 0.6) is 0 Å². The van der Waals surface area contributed by atoms with Crippen LogP contribution in [0.1, 0.15) is 15.9 Å². The fraction of sp³-hybridized carbons (Fsp3) is 0.429. The van der Waals surface area contributed by atoms with Crippen LogP contribution in [0, 0.1) is 6.92 Å². The molecule has 5 heteroatoms. The Kier molecular flexibility index (Phi) is 4.16. The maximum absolute atomic E-state index is 11.9. The van der Waals surface area contributed by atoms with Gasteiger partial charge in [-0.15, -0.1) is 0 Å². The summed E-state index contributed by atoms with van der Waals surface area (Å²) in [5, 5.41) is 2.65. The van der Waals surface area contributed by atoms with Crippen LogP contribution in [0.4, 0.5) is 5.69 Å². The number of hydrogen-bond donors (Lipinski definition) is 1. The van der Waals surface area contributed by atoms with Crippen LogP contribution in [0.2, 0.25) is 0 Å². The molecule has 0 bridgehead atoms. The van der Waals surface area contributed by atoms with E-state index in [1.54, 1.807) is 13.1 Å². The number of carbonyl (C=O) groups excluding carboxylic acids is 2. The summed E-state index contributed by atoms with van der Waals surface area (Å²) in [6.45, 7) is 3.54. The Bertz CT molecular complexity index is 488. The number of rotatable bonds is 3. The summed E-state index contributed by atoms with van der Waals surface area (Å²) in [4.78, 5) is 24.7. The smallest absolute Gasteiger partial charge is 0.244 e. The molecule has 0 saturated carbocycles. The molecule has 1 aliphatic heterocycles. The average Bonchev–Trinajstić information content (AvgIpc) is 2.46. The first-order chi connectivity index (χ1) is 9.17. The lowest BCUT2D eigenvalue weighted by Crippen LogP contribution is -2.53. The van der Waals surface area contributed by atoms with Gasteiger partial charge in [0.2, 0.25) is 5.91 Å². The van der Waals surface area contributed by atoms with Crippen LogP contribution >= 0.6 is 0 Å². The SMILES string of the molecule is CNC(=O)C1COCCN1c1ccc(C=O)c(C)c1. The lowest BCUT2D eigenvalue weighted by molar-refractivity contribution is -0.124. The summed E-state index contributed by atoms with van der Waals surface area (Å²) in [6.07, 6.45) is 0.842. The van der Waals surface area contributed by atoms with E-state index in [2.05, 4.69) is 5.32 Å². The van der Waals surface area contributed by atoms with Gasteiger partial charge in [0.15, 0.2) is 0 Å². The number of nitrogens with zero attached hydrogens (tertiary/aromatic N) is 1. The van der Waals surface area contributed by atoms with Crippen LogP contribution in [0.15, 0.2) is 18.2 Å². The molecule has 1 fully saturated rings. The van der Waals surface area contributed by atoms with E-state index in [9.17, 15) is 9.59 Å². The van der Waals surface area contributed by atoms with Gasteiger partial charge < -0.3 is 15.0 Å². The zero-order valence-electron chi connectivity index (χ0n) is 11.2. The molecule has 1 unspecified atom stereocenters. The van der Waals surface area contributed by atoms with E-state index in [0.717, 1.165) is 17.5 Å². The number of ether oxygens (including phenoxy) is 1. The standard InChI is InChI=1S/C14H18N2O3/c1-10-7-12(4-3-11(10)8-17)16-5-6-19-9-13(16)14(18)15-2/h3-4,7-8,13H,5-6,9H2,1-2H3,(H,15,18). The van der Waals surface area contributed by atoms with Crippen molar-refractivity contribution in [2.45, 2.75) is 13.0 Å². The van der Waals surface area contributed by atoms with E-state index in [1.807, 2.05) is 24.0 Å². The molecule has 1 aromatic rings.